The third-order valence-electron chi connectivity index (χ3n) is 3.29. The Labute approximate surface area is 157 Å². The molecule has 7 heteroatoms. The van der Waals surface area contributed by atoms with Gasteiger partial charge >= 0.3 is 5.97 Å². The van der Waals surface area contributed by atoms with E-state index in [1.54, 1.807) is 18.2 Å². The van der Waals surface area contributed by atoms with Crippen molar-refractivity contribution in [1.82, 2.24) is 5.32 Å². The Morgan fingerprint density at radius 1 is 1.24 bits per heavy atom. The van der Waals surface area contributed by atoms with E-state index in [1.165, 1.54) is 7.11 Å². The standard InChI is InChI=1S/C18H19ClN2O3S/c1-3-24-14-6-4-5-12(9-14)11-20-18(25)21-13-7-8-16(19)15(10-13)17(22)23-2/h4-10H,3,11H2,1-2H3,(H2,20,21,25). The highest BCUT2D eigenvalue weighted by atomic mass is 35.5. The molecular weight excluding hydrogens is 360 g/mol. The van der Waals surface area contributed by atoms with Crippen molar-refractivity contribution in [2.24, 2.45) is 0 Å². The highest BCUT2D eigenvalue weighted by Gasteiger charge is 2.11. The van der Waals surface area contributed by atoms with Crippen LogP contribution >= 0.6 is 23.8 Å². The number of carbonyl (C=O) groups excluding carboxylic acids is 1. The summed E-state index contributed by atoms with van der Waals surface area (Å²) in [6, 6.07) is 12.7. The topological polar surface area (TPSA) is 59.6 Å². The maximum absolute atomic E-state index is 11.7. The molecule has 25 heavy (non-hydrogen) atoms. The third kappa shape index (κ3) is 5.62. The quantitative estimate of drug-likeness (QED) is 0.585. The molecule has 0 heterocycles. The second-order valence-electron chi connectivity index (χ2n) is 5.07. The Hall–Kier alpha value is -2.31. The molecule has 0 saturated carbocycles. The zero-order valence-corrected chi connectivity index (χ0v) is 15.5. The lowest BCUT2D eigenvalue weighted by Crippen LogP contribution is -2.28. The van der Waals surface area contributed by atoms with Gasteiger partial charge in [0, 0.05) is 12.2 Å². The molecule has 0 fully saturated rings. The fourth-order valence-corrected chi connectivity index (χ4v) is 2.52. The first-order valence-electron chi connectivity index (χ1n) is 7.68. The summed E-state index contributed by atoms with van der Waals surface area (Å²) >= 11 is 11.3. The molecule has 0 unspecified atom stereocenters. The smallest absolute Gasteiger partial charge is 0.339 e. The van der Waals surface area contributed by atoms with Gasteiger partial charge in [-0.15, -0.1) is 0 Å². The summed E-state index contributed by atoms with van der Waals surface area (Å²) in [5, 5.41) is 6.88. The molecule has 0 saturated heterocycles. The van der Waals surface area contributed by atoms with Crippen molar-refractivity contribution in [3.05, 3.63) is 58.6 Å². The van der Waals surface area contributed by atoms with E-state index in [2.05, 4.69) is 10.6 Å². The van der Waals surface area contributed by atoms with Crippen LogP contribution in [-0.4, -0.2) is 24.8 Å². The van der Waals surface area contributed by atoms with E-state index in [9.17, 15) is 4.79 Å². The number of nitrogens with one attached hydrogen (secondary N) is 2. The lowest BCUT2D eigenvalue weighted by Gasteiger charge is -2.12. The van der Waals surface area contributed by atoms with E-state index in [0.717, 1.165) is 11.3 Å². The largest absolute Gasteiger partial charge is 0.494 e. The maximum atomic E-state index is 11.7. The molecule has 0 spiro atoms. The van der Waals surface area contributed by atoms with Crippen LogP contribution in [0.25, 0.3) is 0 Å². The van der Waals surface area contributed by atoms with Crippen LogP contribution in [-0.2, 0) is 11.3 Å². The van der Waals surface area contributed by atoms with E-state index in [0.29, 0.717) is 29.0 Å². The van der Waals surface area contributed by atoms with E-state index in [1.807, 2.05) is 31.2 Å². The minimum absolute atomic E-state index is 0.279. The fourth-order valence-electron chi connectivity index (χ4n) is 2.14. The second-order valence-corrected chi connectivity index (χ2v) is 5.89. The van der Waals surface area contributed by atoms with Crippen molar-refractivity contribution >= 4 is 40.6 Å². The molecule has 0 aromatic heterocycles. The van der Waals surface area contributed by atoms with Gasteiger partial charge in [-0.1, -0.05) is 23.7 Å². The molecule has 0 atom stereocenters. The van der Waals surface area contributed by atoms with Gasteiger partial charge in [0.1, 0.15) is 5.75 Å². The van der Waals surface area contributed by atoms with Gasteiger partial charge in [0.2, 0.25) is 0 Å². The van der Waals surface area contributed by atoms with Crippen LogP contribution in [0.3, 0.4) is 0 Å². The Kier molecular flexibility index (Phi) is 7.03. The summed E-state index contributed by atoms with van der Waals surface area (Å²) in [6.45, 7) is 3.11. The van der Waals surface area contributed by atoms with E-state index in [-0.39, 0.29) is 5.56 Å². The molecule has 2 aromatic rings. The van der Waals surface area contributed by atoms with Crippen LogP contribution in [0, 0.1) is 0 Å². The molecule has 132 valence electrons. The Morgan fingerprint density at radius 2 is 2.04 bits per heavy atom. The number of esters is 1. The number of hydrogen-bond acceptors (Lipinski definition) is 4. The first kappa shape index (κ1) is 19.0. The lowest BCUT2D eigenvalue weighted by atomic mass is 10.2. The lowest BCUT2D eigenvalue weighted by molar-refractivity contribution is 0.0601. The minimum Gasteiger partial charge on any atom is -0.494 e. The third-order valence-corrected chi connectivity index (χ3v) is 3.87. The number of methoxy groups -OCH3 is 1. The summed E-state index contributed by atoms with van der Waals surface area (Å²) < 4.78 is 10.2. The summed E-state index contributed by atoms with van der Waals surface area (Å²) in [6.07, 6.45) is 0. The van der Waals surface area contributed by atoms with Crippen LogP contribution in [0.15, 0.2) is 42.5 Å². The van der Waals surface area contributed by atoms with Crippen molar-refractivity contribution < 1.29 is 14.3 Å². The van der Waals surface area contributed by atoms with Crippen LogP contribution in [0.2, 0.25) is 5.02 Å². The zero-order chi connectivity index (χ0) is 18.2. The van der Waals surface area contributed by atoms with E-state index >= 15 is 0 Å². The molecule has 5 nitrogen and oxygen atoms in total. The predicted molar refractivity (Wildman–Crippen MR) is 103 cm³/mol. The number of halogens is 1. The highest BCUT2D eigenvalue weighted by molar-refractivity contribution is 7.80. The van der Waals surface area contributed by atoms with E-state index in [4.69, 9.17) is 33.3 Å². The van der Waals surface area contributed by atoms with Crippen LogP contribution in [0.1, 0.15) is 22.8 Å². The number of hydrogen-bond donors (Lipinski definition) is 2. The summed E-state index contributed by atoms with van der Waals surface area (Å²) in [5.41, 5.74) is 1.97. The molecule has 0 aliphatic heterocycles. The number of ether oxygens (including phenoxy) is 2. The number of rotatable bonds is 6. The van der Waals surface area contributed by atoms with Gasteiger partial charge in [0.25, 0.3) is 0 Å². The average Bonchev–Trinajstić information content (AvgIpc) is 2.61. The number of benzene rings is 2. The number of thiocarbonyl (C=S) groups is 1. The first-order valence-corrected chi connectivity index (χ1v) is 8.46. The summed E-state index contributed by atoms with van der Waals surface area (Å²) in [5.74, 6) is 0.321. The summed E-state index contributed by atoms with van der Waals surface area (Å²) in [7, 11) is 1.31. The van der Waals surface area contributed by atoms with Gasteiger partial charge in [0.15, 0.2) is 5.11 Å². The van der Waals surface area contributed by atoms with Crippen molar-refractivity contribution in [2.75, 3.05) is 19.0 Å². The van der Waals surface area contributed by atoms with Gasteiger partial charge in [0.05, 0.1) is 24.3 Å². The van der Waals surface area contributed by atoms with Crippen molar-refractivity contribution in [3.8, 4) is 5.75 Å². The van der Waals surface area contributed by atoms with Gasteiger partial charge in [-0.05, 0) is 55.0 Å². The SMILES string of the molecule is CCOc1cccc(CNC(=S)Nc2ccc(Cl)c(C(=O)OC)c2)c1. The summed E-state index contributed by atoms with van der Waals surface area (Å²) in [4.78, 5) is 11.7. The molecule has 2 aromatic carbocycles. The molecule has 0 amide bonds. The van der Waals surface area contributed by atoms with Gasteiger partial charge in [-0.3, -0.25) is 0 Å². The number of anilines is 1. The Morgan fingerprint density at radius 3 is 2.76 bits per heavy atom. The monoisotopic (exact) mass is 378 g/mol. The first-order chi connectivity index (χ1) is 12.0. The van der Waals surface area contributed by atoms with Gasteiger partial charge < -0.3 is 20.1 Å². The zero-order valence-electron chi connectivity index (χ0n) is 14.0. The Bertz CT molecular complexity index is 768. The normalized spacial score (nSPS) is 10.0. The molecule has 2 rings (SSSR count). The average molecular weight is 379 g/mol. The molecule has 0 aliphatic carbocycles. The fraction of sp³-hybridized carbons (Fsp3) is 0.222. The Balaban J connectivity index is 1.96. The van der Waals surface area contributed by atoms with Crippen molar-refractivity contribution in [3.63, 3.8) is 0 Å². The maximum Gasteiger partial charge on any atom is 0.339 e. The van der Waals surface area contributed by atoms with Gasteiger partial charge in [-0.25, -0.2) is 4.79 Å². The minimum atomic E-state index is -0.500. The van der Waals surface area contributed by atoms with Gasteiger partial charge in [-0.2, -0.15) is 0 Å². The van der Waals surface area contributed by atoms with Crippen molar-refractivity contribution in [1.29, 1.82) is 0 Å². The van der Waals surface area contributed by atoms with E-state index < -0.39 is 5.97 Å². The molecule has 0 radical (unpaired) electrons. The predicted octanol–water partition coefficient (Wildman–Crippen LogP) is 4.01. The molecule has 0 bridgehead atoms. The van der Waals surface area contributed by atoms with Crippen LogP contribution in [0.4, 0.5) is 5.69 Å². The molecule has 0 aliphatic rings. The molecule has 2 N–H and O–H groups in total. The van der Waals surface area contributed by atoms with Crippen molar-refractivity contribution in [2.45, 2.75) is 13.5 Å². The second kappa shape index (κ2) is 9.25. The molecular formula is C18H19ClN2O3S. The van der Waals surface area contributed by atoms with Crippen LogP contribution in [0.5, 0.6) is 5.75 Å². The highest BCUT2D eigenvalue weighted by Crippen LogP contribution is 2.21. The number of carbonyl (C=O) groups is 1. The van der Waals surface area contributed by atoms with Crippen LogP contribution < -0.4 is 15.4 Å².